The molecule has 1 aromatic rings. The molecule has 88 valence electrons. The van der Waals surface area contributed by atoms with E-state index >= 15 is 0 Å². The number of aliphatic hydroxyl groups is 1. The summed E-state index contributed by atoms with van der Waals surface area (Å²) in [5.41, 5.74) is 3.05. The van der Waals surface area contributed by atoms with Crippen molar-refractivity contribution in [1.82, 2.24) is 4.90 Å². The third kappa shape index (κ3) is 2.63. The van der Waals surface area contributed by atoms with Gasteiger partial charge in [-0.15, -0.1) is 0 Å². The Kier molecular flexibility index (Phi) is 3.97. The first kappa shape index (κ1) is 11.6. The lowest BCUT2D eigenvalue weighted by Crippen LogP contribution is -2.29. The minimum atomic E-state index is 0.255. The van der Waals surface area contributed by atoms with Gasteiger partial charge in [-0.25, -0.2) is 0 Å². The lowest BCUT2D eigenvalue weighted by Gasteiger charge is -2.29. The number of hydrogen-bond acceptors (Lipinski definition) is 2. The number of nitrogens with zero attached hydrogens (tertiary/aromatic N) is 1. The highest BCUT2D eigenvalue weighted by Gasteiger charge is 2.20. The standard InChI is InChI=1S/C14H21NO/c1-15(9-10-16)11-13-7-4-6-12-5-2-3-8-14(12)13/h2-3,5,8,13,16H,4,6-7,9-11H2,1H3/t13-/m0/s1. The molecule has 0 fully saturated rings. The summed E-state index contributed by atoms with van der Waals surface area (Å²) < 4.78 is 0. The van der Waals surface area contributed by atoms with Crippen LogP contribution in [-0.2, 0) is 6.42 Å². The average Bonchev–Trinajstić information content (AvgIpc) is 2.30. The molecule has 0 radical (unpaired) electrons. The number of aryl methyl sites for hydroxylation is 1. The fourth-order valence-electron chi connectivity index (χ4n) is 2.68. The molecule has 1 aliphatic rings. The van der Waals surface area contributed by atoms with Crippen molar-refractivity contribution in [2.75, 3.05) is 26.7 Å². The molecule has 0 amide bonds. The van der Waals surface area contributed by atoms with Gasteiger partial charge in [0.05, 0.1) is 6.61 Å². The predicted octanol–water partition coefficient (Wildman–Crippen LogP) is 2.03. The lowest BCUT2D eigenvalue weighted by atomic mass is 9.82. The van der Waals surface area contributed by atoms with Crippen LogP contribution in [-0.4, -0.2) is 36.8 Å². The Morgan fingerprint density at radius 1 is 1.38 bits per heavy atom. The number of likely N-dealkylation sites (N-methyl/N-ethyl adjacent to an activating group) is 1. The monoisotopic (exact) mass is 219 g/mol. The number of benzene rings is 1. The molecule has 0 aromatic heterocycles. The van der Waals surface area contributed by atoms with Crippen molar-refractivity contribution in [1.29, 1.82) is 0 Å². The molecule has 0 spiro atoms. The first-order valence-corrected chi connectivity index (χ1v) is 6.18. The maximum atomic E-state index is 8.92. The summed E-state index contributed by atoms with van der Waals surface area (Å²) >= 11 is 0. The van der Waals surface area contributed by atoms with Crippen molar-refractivity contribution in [2.24, 2.45) is 0 Å². The highest BCUT2D eigenvalue weighted by molar-refractivity contribution is 5.32. The van der Waals surface area contributed by atoms with Gasteiger partial charge in [0.2, 0.25) is 0 Å². The number of rotatable bonds is 4. The Morgan fingerprint density at radius 2 is 2.19 bits per heavy atom. The lowest BCUT2D eigenvalue weighted by molar-refractivity contribution is 0.211. The number of hydrogen-bond donors (Lipinski definition) is 1. The molecule has 1 N–H and O–H groups in total. The SMILES string of the molecule is CN(CCO)C[C@@H]1CCCc2ccccc21. The van der Waals surface area contributed by atoms with Gasteiger partial charge in [-0.05, 0) is 43.4 Å². The van der Waals surface area contributed by atoms with E-state index in [4.69, 9.17) is 5.11 Å². The zero-order chi connectivity index (χ0) is 11.4. The molecule has 0 saturated heterocycles. The molecule has 1 aromatic carbocycles. The summed E-state index contributed by atoms with van der Waals surface area (Å²) in [5, 5.41) is 8.92. The second-order valence-corrected chi connectivity index (χ2v) is 4.77. The molecule has 16 heavy (non-hydrogen) atoms. The predicted molar refractivity (Wildman–Crippen MR) is 66.7 cm³/mol. The van der Waals surface area contributed by atoms with E-state index in [1.54, 1.807) is 0 Å². The average molecular weight is 219 g/mol. The first-order chi connectivity index (χ1) is 7.81. The second-order valence-electron chi connectivity index (χ2n) is 4.77. The first-order valence-electron chi connectivity index (χ1n) is 6.18. The largest absolute Gasteiger partial charge is 0.395 e. The zero-order valence-corrected chi connectivity index (χ0v) is 10.0. The van der Waals surface area contributed by atoms with Crippen LogP contribution in [0.4, 0.5) is 0 Å². The van der Waals surface area contributed by atoms with Gasteiger partial charge in [0.1, 0.15) is 0 Å². The maximum Gasteiger partial charge on any atom is 0.0558 e. The van der Waals surface area contributed by atoms with E-state index in [0.717, 1.165) is 13.1 Å². The minimum absolute atomic E-state index is 0.255. The minimum Gasteiger partial charge on any atom is -0.395 e. The van der Waals surface area contributed by atoms with Gasteiger partial charge >= 0.3 is 0 Å². The van der Waals surface area contributed by atoms with E-state index in [-0.39, 0.29) is 6.61 Å². The molecule has 2 heteroatoms. The van der Waals surface area contributed by atoms with Crippen LogP contribution in [0.25, 0.3) is 0 Å². The molecule has 0 aliphatic heterocycles. The van der Waals surface area contributed by atoms with Crippen LogP contribution in [0.15, 0.2) is 24.3 Å². The highest BCUT2D eigenvalue weighted by Crippen LogP contribution is 2.31. The van der Waals surface area contributed by atoms with Crippen LogP contribution < -0.4 is 0 Å². The number of fused-ring (bicyclic) bond motifs is 1. The molecule has 2 rings (SSSR count). The topological polar surface area (TPSA) is 23.5 Å². The number of aliphatic hydroxyl groups excluding tert-OH is 1. The highest BCUT2D eigenvalue weighted by atomic mass is 16.3. The van der Waals surface area contributed by atoms with E-state index < -0.39 is 0 Å². The van der Waals surface area contributed by atoms with E-state index in [9.17, 15) is 0 Å². The Bertz CT molecular complexity index is 337. The molecule has 1 atom stereocenters. The third-order valence-electron chi connectivity index (χ3n) is 3.51. The van der Waals surface area contributed by atoms with E-state index in [1.807, 2.05) is 0 Å². The van der Waals surface area contributed by atoms with Gasteiger partial charge in [-0.3, -0.25) is 0 Å². The summed E-state index contributed by atoms with van der Waals surface area (Å²) in [5.74, 6) is 0.654. The van der Waals surface area contributed by atoms with Gasteiger partial charge in [-0.1, -0.05) is 24.3 Å². The van der Waals surface area contributed by atoms with Crippen molar-refractivity contribution < 1.29 is 5.11 Å². The molecule has 0 heterocycles. The molecule has 2 nitrogen and oxygen atoms in total. The second kappa shape index (κ2) is 5.46. The third-order valence-corrected chi connectivity index (χ3v) is 3.51. The normalized spacial score (nSPS) is 19.8. The molecular formula is C14H21NO. The zero-order valence-electron chi connectivity index (χ0n) is 10.0. The van der Waals surface area contributed by atoms with Gasteiger partial charge in [0.15, 0.2) is 0 Å². The van der Waals surface area contributed by atoms with E-state index in [2.05, 4.69) is 36.2 Å². The fourth-order valence-corrected chi connectivity index (χ4v) is 2.68. The Balaban J connectivity index is 2.07. The van der Waals surface area contributed by atoms with Crippen molar-refractivity contribution >= 4 is 0 Å². The van der Waals surface area contributed by atoms with Crippen molar-refractivity contribution in [3.63, 3.8) is 0 Å². The molecule has 0 bridgehead atoms. The van der Waals surface area contributed by atoms with Crippen molar-refractivity contribution in [3.05, 3.63) is 35.4 Å². The van der Waals surface area contributed by atoms with Crippen LogP contribution in [0, 0.1) is 0 Å². The fraction of sp³-hybridized carbons (Fsp3) is 0.571. The Labute approximate surface area is 97.9 Å². The molecule has 0 unspecified atom stereocenters. The van der Waals surface area contributed by atoms with Gasteiger partial charge in [0, 0.05) is 13.1 Å². The van der Waals surface area contributed by atoms with Crippen molar-refractivity contribution in [2.45, 2.75) is 25.2 Å². The van der Waals surface area contributed by atoms with Crippen LogP contribution in [0.2, 0.25) is 0 Å². The Morgan fingerprint density at radius 3 is 3.00 bits per heavy atom. The van der Waals surface area contributed by atoms with Crippen LogP contribution in [0.1, 0.15) is 29.9 Å². The van der Waals surface area contributed by atoms with Gasteiger partial charge in [0.25, 0.3) is 0 Å². The summed E-state index contributed by atoms with van der Waals surface area (Å²) in [6.07, 6.45) is 3.82. The Hall–Kier alpha value is -0.860. The van der Waals surface area contributed by atoms with Crippen LogP contribution in [0.5, 0.6) is 0 Å². The van der Waals surface area contributed by atoms with Gasteiger partial charge < -0.3 is 10.0 Å². The van der Waals surface area contributed by atoms with Crippen LogP contribution in [0.3, 0.4) is 0 Å². The quantitative estimate of drug-likeness (QED) is 0.837. The molecule has 0 saturated carbocycles. The van der Waals surface area contributed by atoms with E-state index in [1.165, 1.54) is 30.4 Å². The van der Waals surface area contributed by atoms with Gasteiger partial charge in [-0.2, -0.15) is 0 Å². The summed E-state index contributed by atoms with van der Waals surface area (Å²) in [6.45, 7) is 2.10. The maximum absolute atomic E-state index is 8.92. The smallest absolute Gasteiger partial charge is 0.0558 e. The molecular weight excluding hydrogens is 198 g/mol. The summed E-state index contributed by atoms with van der Waals surface area (Å²) in [4.78, 5) is 2.23. The van der Waals surface area contributed by atoms with E-state index in [0.29, 0.717) is 5.92 Å². The van der Waals surface area contributed by atoms with Crippen molar-refractivity contribution in [3.8, 4) is 0 Å². The molecule has 1 aliphatic carbocycles. The van der Waals surface area contributed by atoms with Crippen LogP contribution >= 0.6 is 0 Å². The summed E-state index contributed by atoms with van der Waals surface area (Å²) in [7, 11) is 2.09. The summed E-state index contributed by atoms with van der Waals surface area (Å²) in [6, 6.07) is 8.81.